The molecule has 0 unspecified atom stereocenters. The van der Waals surface area contributed by atoms with E-state index in [1.807, 2.05) is 36.4 Å². The number of fused-ring (bicyclic) bond motifs is 1. The predicted molar refractivity (Wildman–Crippen MR) is 150 cm³/mol. The Morgan fingerprint density at radius 1 is 1.03 bits per heavy atom. The number of thioether (sulfide) groups is 1. The standard InChI is InChI=1S/C27H29N5O2S2/c1-2-29-15-17-30(18-16-29)24-21(25(33)31-13-7-6-12-23(31)28-24)19-22-26(34)32(27(35)36-22)14-8-11-20-9-4-3-5-10-20/h3-7,9-10,12-13,19H,2,8,11,14-18H2,1H3. The number of carbonyl (C=O) groups is 1. The summed E-state index contributed by atoms with van der Waals surface area (Å²) in [6.45, 7) is 7.10. The molecule has 5 rings (SSSR count). The molecule has 0 atom stereocenters. The summed E-state index contributed by atoms with van der Waals surface area (Å²) in [5, 5.41) is 0. The summed E-state index contributed by atoms with van der Waals surface area (Å²) in [5.74, 6) is 0.494. The minimum absolute atomic E-state index is 0.141. The molecule has 0 N–H and O–H groups in total. The Morgan fingerprint density at radius 3 is 2.53 bits per heavy atom. The molecule has 0 aliphatic carbocycles. The molecule has 1 aromatic carbocycles. The molecule has 2 aromatic heterocycles. The van der Waals surface area contributed by atoms with Crippen molar-refractivity contribution in [2.75, 3.05) is 44.2 Å². The van der Waals surface area contributed by atoms with Gasteiger partial charge in [0.15, 0.2) is 0 Å². The van der Waals surface area contributed by atoms with Crippen molar-refractivity contribution < 1.29 is 4.79 Å². The third-order valence-electron chi connectivity index (χ3n) is 6.71. The number of hydrogen-bond donors (Lipinski definition) is 0. The van der Waals surface area contributed by atoms with Crippen molar-refractivity contribution in [3.8, 4) is 0 Å². The van der Waals surface area contributed by atoms with Crippen LogP contribution in [0.2, 0.25) is 0 Å². The number of benzene rings is 1. The lowest BCUT2D eigenvalue weighted by atomic mass is 10.1. The van der Waals surface area contributed by atoms with Crippen LogP contribution >= 0.6 is 24.0 Å². The van der Waals surface area contributed by atoms with Crippen molar-refractivity contribution in [2.45, 2.75) is 19.8 Å². The fourth-order valence-electron chi connectivity index (χ4n) is 4.64. The van der Waals surface area contributed by atoms with Gasteiger partial charge in [0.1, 0.15) is 15.8 Å². The average molecular weight is 520 g/mol. The van der Waals surface area contributed by atoms with E-state index < -0.39 is 0 Å². The lowest BCUT2D eigenvalue weighted by Gasteiger charge is -2.35. The van der Waals surface area contributed by atoms with Crippen LogP contribution < -0.4 is 10.5 Å². The van der Waals surface area contributed by atoms with Gasteiger partial charge >= 0.3 is 0 Å². The quantitative estimate of drug-likeness (QED) is 0.349. The molecular weight excluding hydrogens is 490 g/mol. The molecule has 2 aliphatic rings. The third kappa shape index (κ3) is 5.09. The summed E-state index contributed by atoms with van der Waals surface area (Å²) in [7, 11) is 0. The van der Waals surface area contributed by atoms with Gasteiger partial charge in [-0.1, -0.05) is 67.3 Å². The molecule has 7 nitrogen and oxygen atoms in total. The lowest BCUT2D eigenvalue weighted by molar-refractivity contribution is -0.122. The fraction of sp³-hybridized carbons (Fsp3) is 0.333. The zero-order valence-corrected chi connectivity index (χ0v) is 21.9. The molecule has 0 spiro atoms. The third-order valence-corrected chi connectivity index (χ3v) is 8.08. The SMILES string of the molecule is CCN1CCN(c2nc3ccccn3c(=O)c2C=C2SC(=S)N(CCCc3ccccc3)C2=O)CC1. The van der Waals surface area contributed by atoms with Gasteiger partial charge in [-0.2, -0.15) is 0 Å². The van der Waals surface area contributed by atoms with Crippen LogP contribution in [0.4, 0.5) is 5.82 Å². The van der Waals surface area contributed by atoms with E-state index >= 15 is 0 Å². The first-order valence-corrected chi connectivity index (χ1v) is 13.6. The van der Waals surface area contributed by atoms with Crippen LogP contribution in [0.5, 0.6) is 0 Å². The Hall–Kier alpha value is -3.01. The number of aryl methyl sites for hydroxylation is 1. The molecular formula is C27H29N5O2S2. The molecule has 1 amide bonds. The monoisotopic (exact) mass is 519 g/mol. The molecule has 0 saturated carbocycles. The molecule has 4 heterocycles. The molecule has 186 valence electrons. The molecule has 2 saturated heterocycles. The van der Waals surface area contributed by atoms with Crippen LogP contribution in [0.1, 0.15) is 24.5 Å². The second-order valence-electron chi connectivity index (χ2n) is 8.93. The fourth-order valence-corrected chi connectivity index (χ4v) is 5.93. The number of anilines is 1. The summed E-state index contributed by atoms with van der Waals surface area (Å²) in [6, 6.07) is 15.7. The van der Waals surface area contributed by atoms with Crippen LogP contribution in [0, 0.1) is 0 Å². The Kier molecular flexibility index (Phi) is 7.50. The van der Waals surface area contributed by atoms with Gasteiger partial charge in [0.25, 0.3) is 11.5 Å². The number of thiocarbonyl (C=S) groups is 1. The maximum atomic E-state index is 13.6. The Balaban J connectivity index is 1.43. The number of nitrogens with zero attached hydrogens (tertiary/aromatic N) is 5. The zero-order chi connectivity index (χ0) is 25.1. The minimum Gasteiger partial charge on any atom is -0.353 e. The number of pyridine rings is 1. The number of piperazine rings is 1. The average Bonchev–Trinajstić information content (AvgIpc) is 3.18. The number of aromatic nitrogens is 2. The Bertz CT molecular complexity index is 1360. The van der Waals surface area contributed by atoms with Gasteiger partial charge in [0.2, 0.25) is 0 Å². The van der Waals surface area contributed by atoms with Gasteiger partial charge in [-0.25, -0.2) is 4.98 Å². The Morgan fingerprint density at radius 2 is 1.78 bits per heavy atom. The summed E-state index contributed by atoms with van der Waals surface area (Å²) in [6.07, 6.45) is 5.11. The topological polar surface area (TPSA) is 61.2 Å². The van der Waals surface area contributed by atoms with Crippen LogP contribution in [0.25, 0.3) is 11.7 Å². The smallest absolute Gasteiger partial charge is 0.267 e. The van der Waals surface area contributed by atoms with Crippen molar-refractivity contribution in [2.24, 2.45) is 0 Å². The number of rotatable bonds is 7. The van der Waals surface area contributed by atoms with Gasteiger partial charge in [0.05, 0.1) is 10.5 Å². The lowest BCUT2D eigenvalue weighted by Crippen LogP contribution is -2.47. The van der Waals surface area contributed by atoms with Crippen molar-refractivity contribution in [3.63, 3.8) is 0 Å². The summed E-state index contributed by atoms with van der Waals surface area (Å²) >= 11 is 6.81. The normalized spacial score (nSPS) is 18.1. The molecule has 3 aromatic rings. The molecule has 9 heteroatoms. The largest absolute Gasteiger partial charge is 0.353 e. The van der Waals surface area contributed by atoms with E-state index in [4.69, 9.17) is 17.2 Å². The first-order chi connectivity index (χ1) is 17.5. The number of hydrogen-bond acceptors (Lipinski definition) is 7. The van der Waals surface area contributed by atoms with E-state index in [1.54, 1.807) is 17.2 Å². The molecule has 0 radical (unpaired) electrons. The highest BCUT2D eigenvalue weighted by atomic mass is 32.2. The summed E-state index contributed by atoms with van der Waals surface area (Å²) < 4.78 is 2.07. The van der Waals surface area contributed by atoms with E-state index in [2.05, 4.69) is 28.9 Å². The summed E-state index contributed by atoms with van der Waals surface area (Å²) in [5.41, 5.74) is 2.10. The van der Waals surface area contributed by atoms with Crippen molar-refractivity contribution >= 4 is 51.7 Å². The second-order valence-corrected chi connectivity index (χ2v) is 10.6. The highest BCUT2D eigenvalue weighted by Gasteiger charge is 2.33. The summed E-state index contributed by atoms with van der Waals surface area (Å²) in [4.78, 5) is 38.4. The van der Waals surface area contributed by atoms with Gasteiger partial charge < -0.3 is 9.80 Å². The molecule has 2 aliphatic heterocycles. The van der Waals surface area contributed by atoms with Crippen LogP contribution in [-0.2, 0) is 11.2 Å². The highest BCUT2D eigenvalue weighted by molar-refractivity contribution is 8.26. The molecule has 2 fully saturated rings. The zero-order valence-electron chi connectivity index (χ0n) is 20.3. The van der Waals surface area contributed by atoms with E-state index in [-0.39, 0.29) is 11.5 Å². The second kappa shape index (κ2) is 10.9. The van der Waals surface area contributed by atoms with Gasteiger partial charge in [-0.15, -0.1) is 0 Å². The van der Waals surface area contributed by atoms with E-state index in [0.717, 1.165) is 45.6 Å². The maximum absolute atomic E-state index is 13.6. The van der Waals surface area contributed by atoms with Crippen LogP contribution in [0.3, 0.4) is 0 Å². The van der Waals surface area contributed by atoms with Crippen LogP contribution in [0.15, 0.2) is 64.4 Å². The molecule has 36 heavy (non-hydrogen) atoms. The van der Waals surface area contributed by atoms with Crippen molar-refractivity contribution in [1.29, 1.82) is 0 Å². The molecule has 0 bridgehead atoms. The first-order valence-electron chi connectivity index (χ1n) is 12.3. The van der Waals surface area contributed by atoms with E-state index in [0.29, 0.717) is 32.8 Å². The van der Waals surface area contributed by atoms with Crippen molar-refractivity contribution in [1.82, 2.24) is 19.2 Å². The van der Waals surface area contributed by atoms with Gasteiger partial charge in [0, 0.05) is 38.9 Å². The predicted octanol–water partition coefficient (Wildman–Crippen LogP) is 3.67. The van der Waals surface area contributed by atoms with E-state index in [9.17, 15) is 9.59 Å². The van der Waals surface area contributed by atoms with Gasteiger partial charge in [-0.3, -0.25) is 18.9 Å². The first kappa shape index (κ1) is 24.7. The van der Waals surface area contributed by atoms with E-state index in [1.165, 1.54) is 21.7 Å². The van der Waals surface area contributed by atoms with Crippen LogP contribution in [-0.4, -0.2) is 68.7 Å². The number of likely N-dealkylation sites (N-methyl/N-ethyl adjacent to an activating group) is 1. The minimum atomic E-state index is -0.178. The van der Waals surface area contributed by atoms with Crippen molar-refractivity contribution in [3.05, 3.63) is 81.1 Å². The highest BCUT2D eigenvalue weighted by Crippen LogP contribution is 2.34. The number of amides is 1. The Labute approximate surface area is 220 Å². The number of carbonyl (C=O) groups excluding carboxylic acids is 1. The maximum Gasteiger partial charge on any atom is 0.267 e. The van der Waals surface area contributed by atoms with Gasteiger partial charge in [-0.05, 0) is 43.2 Å².